The normalized spacial score (nSPS) is 10.3. The molecule has 0 spiro atoms. The lowest BCUT2D eigenvalue weighted by Crippen LogP contribution is -1.97. The van der Waals surface area contributed by atoms with E-state index in [-0.39, 0.29) is 5.69 Å². The fourth-order valence-corrected chi connectivity index (χ4v) is 1.73. The summed E-state index contributed by atoms with van der Waals surface area (Å²) in [6.07, 6.45) is 0. The van der Waals surface area contributed by atoms with Crippen LogP contribution in [0, 0.1) is 30.9 Å². The van der Waals surface area contributed by atoms with Crippen LogP contribution in [0.1, 0.15) is 16.8 Å². The third-order valence-corrected chi connectivity index (χ3v) is 3.00. The Balaban J connectivity index is 2.32. The number of nitrogens with zero attached hydrogens (tertiary/aromatic N) is 2. The first kappa shape index (κ1) is 13.0. The van der Waals surface area contributed by atoms with Gasteiger partial charge in [-0.3, -0.25) is 10.1 Å². The Morgan fingerprint density at radius 3 is 2.53 bits per heavy atom. The molecule has 1 aromatic carbocycles. The molecular weight excluding hydrogens is 244 g/mol. The Bertz CT molecular complexity index is 639. The first-order valence-corrected chi connectivity index (χ1v) is 5.85. The van der Waals surface area contributed by atoms with Gasteiger partial charge in [0.15, 0.2) is 0 Å². The summed E-state index contributed by atoms with van der Waals surface area (Å²) in [5.41, 5.74) is 2.48. The van der Waals surface area contributed by atoms with Crippen molar-refractivity contribution >= 4 is 5.69 Å². The molecule has 2 rings (SSSR count). The highest BCUT2D eigenvalue weighted by Gasteiger charge is 2.13. The van der Waals surface area contributed by atoms with Crippen LogP contribution in [0.15, 0.2) is 30.3 Å². The molecule has 0 atom stereocenters. The van der Waals surface area contributed by atoms with E-state index < -0.39 is 4.92 Å². The van der Waals surface area contributed by atoms with Gasteiger partial charge in [-0.25, -0.2) is 4.98 Å². The first-order chi connectivity index (χ1) is 8.99. The zero-order valence-corrected chi connectivity index (χ0v) is 11.0. The highest BCUT2D eigenvalue weighted by atomic mass is 16.6. The van der Waals surface area contributed by atoms with Gasteiger partial charge in [0.25, 0.3) is 5.69 Å². The average Bonchev–Trinajstić information content (AvgIpc) is 2.34. The molecule has 0 saturated carbocycles. The van der Waals surface area contributed by atoms with E-state index in [4.69, 9.17) is 4.74 Å². The predicted molar refractivity (Wildman–Crippen MR) is 71.6 cm³/mol. The van der Waals surface area contributed by atoms with Crippen LogP contribution in [-0.2, 0) is 0 Å². The second-order valence-electron chi connectivity index (χ2n) is 4.31. The monoisotopic (exact) mass is 258 g/mol. The third-order valence-electron chi connectivity index (χ3n) is 3.00. The first-order valence-electron chi connectivity index (χ1n) is 5.85. The van der Waals surface area contributed by atoms with Gasteiger partial charge < -0.3 is 4.74 Å². The lowest BCUT2D eigenvalue weighted by molar-refractivity contribution is -0.385. The van der Waals surface area contributed by atoms with Crippen molar-refractivity contribution in [2.45, 2.75) is 20.8 Å². The lowest BCUT2D eigenvalue weighted by atomic mass is 10.1. The van der Waals surface area contributed by atoms with Gasteiger partial charge in [-0.2, -0.15) is 0 Å². The maximum Gasteiger partial charge on any atom is 0.290 e. The van der Waals surface area contributed by atoms with E-state index >= 15 is 0 Å². The van der Waals surface area contributed by atoms with Gasteiger partial charge in [0.1, 0.15) is 11.4 Å². The molecule has 0 N–H and O–H groups in total. The maximum absolute atomic E-state index is 10.7. The number of aryl methyl sites for hydroxylation is 2. The fraction of sp³-hybridized carbons (Fsp3) is 0.214. The van der Waals surface area contributed by atoms with E-state index in [1.807, 2.05) is 32.0 Å². The van der Waals surface area contributed by atoms with Crippen LogP contribution in [0.5, 0.6) is 11.6 Å². The zero-order valence-electron chi connectivity index (χ0n) is 11.0. The maximum atomic E-state index is 10.7. The molecule has 0 amide bonds. The summed E-state index contributed by atoms with van der Waals surface area (Å²) in [5, 5.41) is 10.7. The molecule has 0 fully saturated rings. The van der Waals surface area contributed by atoms with Crippen molar-refractivity contribution in [3.05, 3.63) is 57.3 Å². The average molecular weight is 258 g/mol. The number of rotatable bonds is 3. The Labute approximate surface area is 111 Å². The molecule has 0 saturated heterocycles. The number of aromatic nitrogens is 1. The minimum atomic E-state index is -0.454. The number of ether oxygens (including phenoxy) is 1. The van der Waals surface area contributed by atoms with Crippen LogP contribution in [0.2, 0.25) is 0 Å². The smallest absolute Gasteiger partial charge is 0.290 e. The van der Waals surface area contributed by atoms with E-state index in [1.165, 1.54) is 12.1 Å². The van der Waals surface area contributed by atoms with Crippen LogP contribution in [0.3, 0.4) is 0 Å². The fourth-order valence-electron chi connectivity index (χ4n) is 1.73. The summed E-state index contributed by atoms with van der Waals surface area (Å²) in [5.74, 6) is 1.07. The largest absolute Gasteiger partial charge is 0.439 e. The molecule has 98 valence electrons. The van der Waals surface area contributed by atoms with Crippen molar-refractivity contribution in [2.75, 3.05) is 0 Å². The Hall–Kier alpha value is -2.43. The van der Waals surface area contributed by atoms with Gasteiger partial charge in [0, 0.05) is 12.1 Å². The van der Waals surface area contributed by atoms with Crippen molar-refractivity contribution in [1.82, 2.24) is 4.98 Å². The number of pyridine rings is 1. The number of hydrogen-bond donors (Lipinski definition) is 0. The molecule has 2 aromatic rings. The van der Waals surface area contributed by atoms with Gasteiger partial charge in [0.05, 0.1) is 4.92 Å². The van der Waals surface area contributed by atoms with Crippen LogP contribution in [0.4, 0.5) is 5.69 Å². The molecule has 5 nitrogen and oxygen atoms in total. The van der Waals surface area contributed by atoms with E-state index in [0.29, 0.717) is 17.3 Å². The van der Waals surface area contributed by atoms with Gasteiger partial charge in [0.2, 0.25) is 5.88 Å². The molecule has 0 aliphatic carbocycles. The van der Waals surface area contributed by atoms with Crippen LogP contribution in [0.25, 0.3) is 0 Å². The Morgan fingerprint density at radius 2 is 1.89 bits per heavy atom. The topological polar surface area (TPSA) is 65.3 Å². The molecule has 19 heavy (non-hydrogen) atoms. The summed E-state index contributed by atoms with van der Waals surface area (Å²) in [6, 6.07) is 8.66. The van der Waals surface area contributed by atoms with E-state index in [0.717, 1.165) is 11.1 Å². The van der Waals surface area contributed by atoms with E-state index in [9.17, 15) is 10.1 Å². The molecular formula is C14H14N2O3. The molecule has 1 heterocycles. The van der Waals surface area contributed by atoms with Gasteiger partial charge >= 0.3 is 0 Å². The minimum absolute atomic E-state index is 0.00619. The van der Waals surface area contributed by atoms with E-state index in [1.54, 1.807) is 6.92 Å². The summed E-state index contributed by atoms with van der Waals surface area (Å²) in [4.78, 5) is 14.4. The minimum Gasteiger partial charge on any atom is -0.439 e. The highest BCUT2D eigenvalue weighted by molar-refractivity contribution is 5.42. The summed E-state index contributed by atoms with van der Waals surface area (Å²) >= 11 is 0. The van der Waals surface area contributed by atoms with Crippen molar-refractivity contribution in [3.8, 4) is 11.6 Å². The van der Waals surface area contributed by atoms with E-state index in [2.05, 4.69) is 4.98 Å². The molecule has 0 radical (unpaired) electrons. The number of nitro groups is 1. The van der Waals surface area contributed by atoms with Gasteiger partial charge in [-0.1, -0.05) is 12.1 Å². The Morgan fingerprint density at radius 1 is 1.16 bits per heavy atom. The summed E-state index contributed by atoms with van der Waals surface area (Å²) in [7, 11) is 0. The zero-order chi connectivity index (χ0) is 14.0. The molecule has 0 aliphatic rings. The molecule has 0 unspecified atom stereocenters. The highest BCUT2D eigenvalue weighted by Crippen LogP contribution is 2.27. The van der Waals surface area contributed by atoms with Crippen molar-refractivity contribution in [2.24, 2.45) is 0 Å². The van der Waals surface area contributed by atoms with Gasteiger partial charge in [-0.05, 0) is 38.0 Å². The summed E-state index contributed by atoms with van der Waals surface area (Å²) < 4.78 is 5.67. The van der Waals surface area contributed by atoms with Crippen LogP contribution < -0.4 is 4.74 Å². The molecule has 0 bridgehead atoms. The quantitative estimate of drug-likeness (QED) is 0.621. The molecule has 0 aliphatic heterocycles. The number of benzene rings is 1. The van der Waals surface area contributed by atoms with Crippen LogP contribution in [-0.4, -0.2) is 9.91 Å². The molecule has 1 aromatic heterocycles. The SMILES string of the molecule is Cc1cccc(Oc2ccc([N+](=O)[O-])c(C)n2)c1C. The lowest BCUT2D eigenvalue weighted by Gasteiger charge is -2.10. The second-order valence-corrected chi connectivity index (χ2v) is 4.31. The van der Waals surface area contributed by atoms with Gasteiger partial charge in [-0.15, -0.1) is 0 Å². The van der Waals surface area contributed by atoms with Crippen molar-refractivity contribution in [1.29, 1.82) is 0 Å². The second kappa shape index (κ2) is 5.06. The van der Waals surface area contributed by atoms with Crippen molar-refractivity contribution < 1.29 is 9.66 Å². The van der Waals surface area contributed by atoms with Crippen LogP contribution >= 0.6 is 0 Å². The summed E-state index contributed by atoms with van der Waals surface area (Å²) in [6.45, 7) is 5.55. The number of hydrogen-bond acceptors (Lipinski definition) is 4. The molecule has 5 heteroatoms. The Kier molecular flexibility index (Phi) is 3.46. The van der Waals surface area contributed by atoms with Crippen molar-refractivity contribution in [3.63, 3.8) is 0 Å². The standard InChI is InChI=1S/C14H14N2O3/c1-9-5-4-6-13(10(9)2)19-14-8-7-12(16(17)18)11(3)15-14/h4-8H,1-3H3. The predicted octanol–water partition coefficient (Wildman–Crippen LogP) is 3.71. The third kappa shape index (κ3) is 2.70.